The monoisotopic (exact) mass is 403 g/mol. The maximum Gasteiger partial charge on any atom is 0.282 e. The van der Waals surface area contributed by atoms with Crippen molar-refractivity contribution < 1.29 is 13.2 Å². The van der Waals surface area contributed by atoms with Gasteiger partial charge in [-0.15, -0.1) is 0 Å². The first kappa shape index (κ1) is 19.3. The van der Waals surface area contributed by atoms with Crippen LogP contribution in [-0.2, 0) is 6.54 Å². The molecule has 1 fully saturated rings. The topological polar surface area (TPSA) is 82.2 Å². The van der Waals surface area contributed by atoms with Crippen LogP contribution in [0.5, 0.6) is 0 Å². The van der Waals surface area contributed by atoms with Gasteiger partial charge in [-0.1, -0.05) is 0 Å². The Morgan fingerprint density at radius 3 is 2.90 bits per heavy atom. The highest BCUT2D eigenvalue weighted by molar-refractivity contribution is 6.02. The number of fused-ring (bicyclic) bond motifs is 3. The normalized spacial score (nSPS) is 19.9. The van der Waals surface area contributed by atoms with Crippen molar-refractivity contribution in [2.75, 3.05) is 20.1 Å². The second-order valence-corrected chi connectivity index (χ2v) is 7.30. The number of nitrogens with one attached hydrogen (secondary N) is 2. The number of alkyl halides is 2. The van der Waals surface area contributed by atoms with Gasteiger partial charge < -0.3 is 9.88 Å². The van der Waals surface area contributed by atoms with Crippen LogP contribution < -0.4 is 5.32 Å². The summed E-state index contributed by atoms with van der Waals surface area (Å²) in [6, 6.07) is 2.98. The number of rotatable bonds is 5. The molecule has 1 aromatic carbocycles. The minimum absolute atomic E-state index is 0.140. The molecule has 4 rings (SSSR count). The molecule has 1 atom stereocenters. The molecule has 2 N–H and O–H groups in total. The Hall–Kier alpha value is -3.01. The molecule has 0 aliphatic carbocycles. The molecule has 3 heterocycles. The maximum absolute atomic E-state index is 14.9. The number of aromatic nitrogens is 3. The molecule has 0 radical (unpaired) electrons. The van der Waals surface area contributed by atoms with E-state index in [0.29, 0.717) is 33.5 Å². The third-order valence-corrected chi connectivity index (χ3v) is 5.06. The average molecular weight is 403 g/mol. The minimum atomic E-state index is -2.97. The van der Waals surface area contributed by atoms with Gasteiger partial charge in [-0.25, -0.2) is 23.7 Å². The van der Waals surface area contributed by atoms with Crippen LogP contribution in [0.1, 0.15) is 18.8 Å². The molecule has 3 aromatic rings. The van der Waals surface area contributed by atoms with Gasteiger partial charge in [0.05, 0.1) is 36.0 Å². The zero-order valence-electron chi connectivity index (χ0n) is 16.0. The second kappa shape index (κ2) is 7.11. The van der Waals surface area contributed by atoms with Crippen LogP contribution in [0.3, 0.4) is 0 Å². The molecule has 1 saturated heterocycles. The number of likely N-dealkylation sites (tertiary alicyclic amines) is 1. The quantitative estimate of drug-likeness (QED) is 0.635. The van der Waals surface area contributed by atoms with Crippen LogP contribution in [0.15, 0.2) is 41.4 Å². The van der Waals surface area contributed by atoms with Gasteiger partial charge in [-0.2, -0.15) is 5.11 Å². The number of nitrogens with zero attached hydrogens (tertiary/aromatic N) is 5. The fourth-order valence-corrected chi connectivity index (χ4v) is 3.81. The van der Waals surface area contributed by atoms with Gasteiger partial charge in [0.25, 0.3) is 5.92 Å². The molecule has 1 unspecified atom stereocenters. The molecule has 1 aliphatic heterocycles. The zero-order chi connectivity index (χ0) is 20.8. The molecule has 29 heavy (non-hydrogen) atoms. The lowest BCUT2D eigenvalue weighted by atomic mass is 10.1. The summed E-state index contributed by atoms with van der Waals surface area (Å²) in [6.07, 6.45) is 3.04. The Morgan fingerprint density at radius 1 is 1.41 bits per heavy atom. The number of imidazole rings is 1. The summed E-state index contributed by atoms with van der Waals surface area (Å²) in [5.74, 6) is -3.06. The van der Waals surface area contributed by atoms with E-state index >= 15 is 0 Å². The van der Waals surface area contributed by atoms with E-state index in [2.05, 4.69) is 20.4 Å². The number of hydrogen-bond acceptors (Lipinski definition) is 6. The summed E-state index contributed by atoms with van der Waals surface area (Å²) in [4.78, 5) is 10.4. The van der Waals surface area contributed by atoms with E-state index < -0.39 is 17.8 Å². The lowest BCUT2D eigenvalue weighted by molar-refractivity contribution is -0.0201. The fraction of sp³-hybridized carbons (Fsp3) is 0.368. The van der Waals surface area contributed by atoms with E-state index in [1.807, 2.05) is 0 Å². The average Bonchev–Trinajstić information content (AvgIpc) is 3.16. The van der Waals surface area contributed by atoms with E-state index in [9.17, 15) is 13.2 Å². The molecule has 7 nitrogen and oxygen atoms in total. The molecule has 0 saturated carbocycles. The predicted octanol–water partition coefficient (Wildman–Crippen LogP) is 3.83. The van der Waals surface area contributed by atoms with Crippen molar-refractivity contribution in [1.82, 2.24) is 24.8 Å². The maximum atomic E-state index is 14.9. The predicted molar refractivity (Wildman–Crippen MR) is 102 cm³/mol. The standard InChI is InChI=1S/C19H20F3N7/c1-11(27-23)6-24-8-17-26-15-7-25-14-4-3-12(20)5-13(14)18(15)29(17)16-9-28(2)10-19(16,21)22/h3-7,16,23-24H,8-10H2,1-2H3/b11-6-,27-23?. The molecular formula is C19H20F3N7. The van der Waals surface area contributed by atoms with Crippen molar-refractivity contribution >= 4 is 21.9 Å². The van der Waals surface area contributed by atoms with E-state index in [4.69, 9.17) is 5.53 Å². The summed E-state index contributed by atoms with van der Waals surface area (Å²) in [7, 11) is 1.64. The van der Waals surface area contributed by atoms with Crippen LogP contribution >= 0.6 is 0 Å². The molecule has 0 amide bonds. The highest BCUT2D eigenvalue weighted by atomic mass is 19.3. The Balaban J connectivity index is 1.93. The number of allylic oxidation sites excluding steroid dienone is 1. The van der Waals surface area contributed by atoms with Gasteiger partial charge in [0.15, 0.2) is 0 Å². The lowest BCUT2D eigenvalue weighted by Crippen LogP contribution is -2.31. The SMILES string of the molecule is C/C(=C/NCc1nc2cnc3ccc(F)cc3c2n1C1CN(C)CC1(F)F)N=N. The van der Waals surface area contributed by atoms with Gasteiger partial charge in [0.1, 0.15) is 23.2 Å². The first-order valence-corrected chi connectivity index (χ1v) is 9.09. The third-order valence-electron chi connectivity index (χ3n) is 5.06. The highest BCUT2D eigenvalue weighted by Gasteiger charge is 2.49. The van der Waals surface area contributed by atoms with Crippen molar-refractivity contribution in [2.45, 2.75) is 25.4 Å². The lowest BCUT2D eigenvalue weighted by Gasteiger charge is -2.23. The highest BCUT2D eigenvalue weighted by Crippen LogP contribution is 2.40. The summed E-state index contributed by atoms with van der Waals surface area (Å²) in [5.41, 5.74) is 8.81. The number of benzene rings is 1. The largest absolute Gasteiger partial charge is 0.382 e. The van der Waals surface area contributed by atoms with Gasteiger partial charge in [0, 0.05) is 18.1 Å². The molecule has 1 aliphatic rings. The molecular weight excluding hydrogens is 383 g/mol. The summed E-state index contributed by atoms with van der Waals surface area (Å²) in [5, 5.41) is 6.70. The smallest absolute Gasteiger partial charge is 0.282 e. The van der Waals surface area contributed by atoms with Crippen molar-refractivity contribution in [3.63, 3.8) is 0 Å². The second-order valence-electron chi connectivity index (χ2n) is 7.30. The minimum Gasteiger partial charge on any atom is -0.382 e. The van der Waals surface area contributed by atoms with Gasteiger partial charge in [0.2, 0.25) is 0 Å². The van der Waals surface area contributed by atoms with Gasteiger partial charge >= 0.3 is 0 Å². The van der Waals surface area contributed by atoms with Crippen LogP contribution in [0.2, 0.25) is 0 Å². The van der Waals surface area contributed by atoms with Gasteiger partial charge in [-0.3, -0.25) is 9.88 Å². The number of hydrogen-bond donors (Lipinski definition) is 2. The fourth-order valence-electron chi connectivity index (χ4n) is 3.81. The van der Waals surface area contributed by atoms with Crippen molar-refractivity contribution in [3.8, 4) is 0 Å². The third kappa shape index (κ3) is 3.44. The molecule has 0 bridgehead atoms. The summed E-state index contributed by atoms with van der Waals surface area (Å²) >= 11 is 0. The van der Waals surface area contributed by atoms with Crippen molar-refractivity contribution in [3.05, 3.63) is 47.9 Å². The Labute approximate surface area is 164 Å². The Bertz CT molecular complexity index is 1120. The molecule has 0 spiro atoms. The molecule has 10 heteroatoms. The number of halogens is 3. The van der Waals surface area contributed by atoms with Gasteiger partial charge in [-0.05, 0) is 32.2 Å². The van der Waals surface area contributed by atoms with Crippen molar-refractivity contribution in [1.29, 1.82) is 5.53 Å². The zero-order valence-corrected chi connectivity index (χ0v) is 16.0. The van der Waals surface area contributed by atoms with E-state index in [1.165, 1.54) is 35.2 Å². The van der Waals surface area contributed by atoms with Crippen LogP contribution in [0, 0.1) is 11.3 Å². The van der Waals surface area contributed by atoms with Crippen molar-refractivity contribution in [2.24, 2.45) is 5.11 Å². The van der Waals surface area contributed by atoms with E-state index in [1.54, 1.807) is 18.9 Å². The van der Waals surface area contributed by atoms with E-state index in [0.717, 1.165) is 0 Å². The Kier molecular flexibility index (Phi) is 4.73. The molecule has 152 valence electrons. The molecule has 2 aromatic heterocycles. The van der Waals surface area contributed by atoms with Crippen LogP contribution in [0.4, 0.5) is 13.2 Å². The summed E-state index contributed by atoms with van der Waals surface area (Å²) in [6.45, 7) is 1.57. The van der Waals surface area contributed by atoms with E-state index in [-0.39, 0.29) is 19.6 Å². The number of pyridine rings is 1. The summed E-state index contributed by atoms with van der Waals surface area (Å²) < 4.78 is 45.2. The van der Waals surface area contributed by atoms with Crippen LogP contribution in [0.25, 0.3) is 21.9 Å². The number of likely N-dealkylation sites (N-methyl/N-ethyl adjacent to an activating group) is 1. The first-order chi connectivity index (χ1) is 13.8. The van der Waals surface area contributed by atoms with Crippen LogP contribution in [-0.4, -0.2) is 45.5 Å². The Morgan fingerprint density at radius 2 is 2.21 bits per heavy atom. The first-order valence-electron chi connectivity index (χ1n) is 9.09.